The average molecular weight is 471 g/mol. The molecule has 2 amide bonds. The van der Waals surface area contributed by atoms with Crippen molar-refractivity contribution in [3.05, 3.63) is 94.0 Å². The normalized spacial score (nSPS) is 20.7. The van der Waals surface area contributed by atoms with Crippen LogP contribution in [0.15, 0.2) is 66.7 Å². The molecule has 3 aromatic rings. The lowest BCUT2D eigenvalue weighted by Gasteiger charge is -2.51. The van der Waals surface area contributed by atoms with Crippen molar-refractivity contribution < 1.29 is 14.6 Å². The van der Waals surface area contributed by atoms with E-state index in [2.05, 4.69) is 0 Å². The van der Waals surface area contributed by atoms with Crippen LogP contribution in [0.25, 0.3) is 0 Å². The SMILES string of the molecule is Cc1ccc(N2C(=O)N(c3ccc(Cl)cc3)C(O)(c3cc(C#N)cc(C#N)c3)C23COC3)cc1. The number of ether oxygens (including phenoxy) is 1. The quantitative estimate of drug-likeness (QED) is 0.609. The number of aliphatic hydroxyl groups is 1. The number of carbonyl (C=O) groups excluding carboxylic acids is 1. The van der Waals surface area contributed by atoms with Crippen molar-refractivity contribution in [3.63, 3.8) is 0 Å². The Labute approximate surface area is 201 Å². The Morgan fingerprint density at radius 1 is 0.912 bits per heavy atom. The van der Waals surface area contributed by atoms with Crippen LogP contribution >= 0.6 is 11.6 Å². The van der Waals surface area contributed by atoms with Crippen LogP contribution in [0.1, 0.15) is 22.3 Å². The Morgan fingerprint density at radius 3 is 1.94 bits per heavy atom. The maximum Gasteiger partial charge on any atom is 0.332 e. The van der Waals surface area contributed by atoms with Gasteiger partial charge in [-0.2, -0.15) is 10.5 Å². The Balaban J connectivity index is 1.80. The molecule has 34 heavy (non-hydrogen) atoms. The fraction of sp³-hybridized carbons (Fsp3) is 0.192. The number of benzene rings is 3. The molecule has 2 aliphatic heterocycles. The summed E-state index contributed by atoms with van der Waals surface area (Å²) in [4.78, 5) is 16.9. The highest BCUT2D eigenvalue weighted by molar-refractivity contribution is 6.30. The number of nitrogens with zero attached hydrogens (tertiary/aromatic N) is 4. The van der Waals surface area contributed by atoms with E-state index in [1.807, 2.05) is 43.3 Å². The van der Waals surface area contributed by atoms with E-state index in [1.54, 1.807) is 29.2 Å². The number of aryl methyl sites for hydroxylation is 1. The molecule has 1 spiro atoms. The molecule has 0 aliphatic carbocycles. The summed E-state index contributed by atoms with van der Waals surface area (Å²) < 4.78 is 5.59. The van der Waals surface area contributed by atoms with Gasteiger partial charge < -0.3 is 9.84 Å². The number of nitriles is 2. The molecular formula is C26H19ClN4O3. The van der Waals surface area contributed by atoms with Crippen molar-refractivity contribution in [2.24, 2.45) is 0 Å². The van der Waals surface area contributed by atoms with Crippen molar-refractivity contribution in [3.8, 4) is 12.1 Å². The molecule has 5 rings (SSSR count). The highest BCUT2D eigenvalue weighted by atomic mass is 35.5. The van der Waals surface area contributed by atoms with Gasteiger partial charge in [0.15, 0.2) is 0 Å². The molecule has 7 nitrogen and oxygen atoms in total. The van der Waals surface area contributed by atoms with Crippen molar-refractivity contribution in [2.75, 3.05) is 23.0 Å². The average Bonchev–Trinajstić information content (AvgIpc) is 3.04. The topological polar surface area (TPSA) is 101 Å². The van der Waals surface area contributed by atoms with Gasteiger partial charge in [-0.05, 0) is 61.5 Å². The number of halogens is 1. The van der Waals surface area contributed by atoms with E-state index in [0.29, 0.717) is 16.4 Å². The first kappa shape index (κ1) is 21.9. The molecule has 8 heteroatoms. The van der Waals surface area contributed by atoms with Crippen LogP contribution in [0, 0.1) is 29.6 Å². The third kappa shape index (κ3) is 2.99. The van der Waals surface area contributed by atoms with Gasteiger partial charge in [-0.1, -0.05) is 29.3 Å². The smallest absolute Gasteiger partial charge is 0.332 e. The summed E-state index contributed by atoms with van der Waals surface area (Å²) >= 11 is 6.09. The van der Waals surface area contributed by atoms with E-state index < -0.39 is 17.3 Å². The lowest BCUT2D eigenvalue weighted by Crippen LogP contribution is -2.70. The largest absolute Gasteiger partial charge is 0.376 e. The molecule has 1 unspecified atom stereocenters. The Kier molecular flexibility index (Phi) is 5.07. The number of urea groups is 1. The van der Waals surface area contributed by atoms with Crippen LogP contribution in [0.3, 0.4) is 0 Å². The predicted molar refractivity (Wildman–Crippen MR) is 126 cm³/mol. The highest BCUT2D eigenvalue weighted by Crippen LogP contribution is 2.54. The monoisotopic (exact) mass is 470 g/mol. The zero-order chi connectivity index (χ0) is 24.1. The van der Waals surface area contributed by atoms with Crippen molar-refractivity contribution >= 4 is 29.0 Å². The van der Waals surface area contributed by atoms with Gasteiger partial charge in [0.25, 0.3) is 0 Å². The molecule has 2 fully saturated rings. The molecule has 0 radical (unpaired) electrons. The lowest BCUT2D eigenvalue weighted by molar-refractivity contribution is -0.153. The molecule has 0 aromatic heterocycles. The Bertz CT molecular complexity index is 1340. The van der Waals surface area contributed by atoms with Gasteiger partial charge in [-0.25, -0.2) is 4.79 Å². The van der Waals surface area contributed by atoms with Gasteiger partial charge in [-0.3, -0.25) is 9.80 Å². The summed E-state index contributed by atoms with van der Waals surface area (Å²) in [6.07, 6.45) is 0. The third-order valence-corrected chi connectivity index (χ3v) is 6.69. The molecule has 168 valence electrons. The molecule has 0 saturated carbocycles. The molecular weight excluding hydrogens is 452 g/mol. The fourth-order valence-corrected chi connectivity index (χ4v) is 4.83. The van der Waals surface area contributed by atoms with E-state index in [0.717, 1.165) is 5.56 Å². The molecule has 2 heterocycles. The van der Waals surface area contributed by atoms with Crippen LogP contribution < -0.4 is 9.80 Å². The van der Waals surface area contributed by atoms with E-state index in [9.17, 15) is 20.4 Å². The summed E-state index contributed by atoms with van der Waals surface area (Å²) in [7, 11) is 0. The minimum Gasteiger partial charge on any atom is -0.376 e. The lowest BCUT2D eigenvalue weighted by atomic mass is 9.78. The van der Waals surface area contributed by atoms with E-state index in [1.165, 1.54) is 23.1 Å². The molecule has 1 N–H and O–H groups in total. The first-order valence-electron chi connectivity index (χ1n) is 10.6. The van der Waals surface area contributed by atoms with Crippen LogP contribution in [-0.2, 0) is 10.5 Å². The van der Waals surface area contributed by atoms with Crippen LogP contribution in [-0.4, -0.2) is 29.9 Å². The summed E-state index contributed by atoms with van der Waals surface area (Å²) in [5, 5.41) is 32.1. The standard InChI is InChI=1S/C26H19ClN4O3/c1-17-2-6-22(7-3-17)30-24(32)31(23-8-4-21(27)5-9-23)26(33,25(30)15-34-16-25)20-11-18(13-28)10-19(12-20)14-29/h2-12,33H,15-16H2,1H3. The van der Waals surface area contributed by atoms with E-state index >= 15 is 0 Å². The number of carbonyl (C=O) groups is 1. The maximum absolute atomic E-state index is 14.1. The minimum absolute atomic E-state index is 0.0614. The Hall–Kier alpha value is -3.88. The third-order valence-electron chi connectivity index (χ3n) is 6.44. The van der Waals surface area contributed by atoms with E-state index in [-0.39, 0.29) is 29.9 Å². The van der Waals surface area contributed by atoms with Crippen molar-refractivity contribution in [1.29, 1.82) is 10.5 Å². The predicted octanol–water partition coefficient (Wildman–Crippen LogP) is 4.45. The van der Waals surface area contributed by atoms with Crippen LogP contribution in [0.5, 0.6) is 0 Å². The second kappa shape index (κ2) is 7.86. The summed E-state index contributed by atoms with van der Waals surface area (Å²) in [6.45, 7) is 2.07. The minimum atomic E-state index is -1.94. The van der Waals surface area contributed by atoms with Gasteiger partial charge in [0.05, 0.1) is 36.5 Å². The van der Waals surface area contributed by atoms with Crippen LogP contribution in [0.2, 0.25) is 5.02 Å². The Morgan fingerprint density at radius 2 is 1.44 bits per heavy atom. The van der Waals surface area contributed by atoms with E-state index in [4.69, 9.17) is 16.3 Å². The van der Waals surface area contributed by atoms with Gasteiger partial charge in [0.1, 0.15) is 5.54 Å². The summed E-state index contributed by atoms with van der Waals surface area (Å²) in [5.41, 5.74) is -0.433. The summed E-state index contributed by atoms with van der Waals surface area (Å²) in [5.74, 6) is 0. The first-order valence-corrected chi connectivity index (χ1v) is 10.9. The molecule has 1 atom stereocenters. The zero-order valence-corrected chi connectivity index (χ0v) is 19.0. The number of amides is 2. The second-order valence-corrected chi connectivity index (χ2v) is 8.92. The number of hydrogen-bond acceptors (Lipinski definition) is 5. The van der Waals surface area contributed by atoms with Gasteiger partial charge >= 0.3 is 6.03 Å². The van der Waals surface area contributed by atoms with Crippen molar-refractivity contribution in [2.45, 2.75) is 18.2 Å². The maximum atomic E-state index is 14.1. The van der Waals surface area contributed by atoms with Gasteiger partial charge in [0, 0.05) is 22.0 Å². The first-order chi connectivity index (χ1) is 16.3. The second-order valence-electron chi connectivity index (χ2n) is 8.48. The molecule has 0 bridgehead atoms. The van der Waals surface area contributed by atoms with Gasteiger partial charge in [0.2, 0.25) is 5.72 Å². The van der Waals surface area contributed by atoms with Gasteiger partial charge in [-0.15, -0.1) is 0 Å². The summed E-state index contributed by atoms with van der Waals surface area (Å²) in [6, 6.07) is 22.1. The molecule has 2 aliphatic rings. The van der Waals surface area contributed by atoms with Crippen LogP contribution in [0.4, 0.5) is 16.2 Å². The number of hydrogen-bond donors (Lipinski definition) is 1. The highest BCUT2D eigenvalue weighted by Gasteiger charge is 2.72. The van der Waals surface area contributed by atoms with Crippen molar-refractivity contribution in [1.82, 2.24) is 0 Å². The molecule has 2 saturated heterocycles. The zero-order valence-electron chi connectivity index (χ0n) is 18.2. The number of rotatable bonds is 3. The molecule has 3 aromatic carbocycles. The number of anilines is 2. The fourth-order valence-electron chi connectivity index (χ4n) is 4.71.